The van der Waals surface area contributed by atoms with E-state index in [1.807, 2.05) is 48.5 Å². The van der Waals surface area contributed by atoms with Crippen LogP contribution in [0.1, 0.15) is 17.0 Å². The molecular weight excluding hydrogens is 429 g/mol. The normalized spacial score (nSPS) is 22.0. The minimum Gasteiger partial charge on any atom is -0.395 e. The lowest BCUT2D eigenvalue weighted by molar-refractivity contribution is -0.0484. The summed E-state index contributed by atoms with van der Waals surface area (Å²) < 4.78 is 13.2. The van der Waals surface area contributed by atoms with Gasteiger partial charge in [0.1, 0.15) is 5.82 Å². The molecule has 3 atom stereocenters. The molecule has 2 aliphatic rings. The Hall–Kier alpha value is -2.93. The molecule has 5 rings (SSSR count). The Morgan fingerprint density at radius 2 is 1.78 bits per heavy atom. The van der Waals surface area contributed by atoms with E-state index in [9.17, 15) is 14.3 Å². The first-order valence-electron chi connectivity index (χ1n) is 10.6. The van der Waals surface area contributed by atoms with Crippen LogP contribution in [0.3, 0.4) is 0 Å². The number of anilines is 2. The molecule has 3 aromatic carbocycles. The summed E-state index contributed by atoms with van der Waals surface area (Å²) in [6.45, 7) is 1.11. The largest absolute Gasteiger partial charge is 0.395 e. The van der Waals surface area contributed by atoms with Crippen molar-refractivity contribution in [3.63, 3.8) is 0 Å². The summed E-state index contributed by atoms with van der Waals surface area (Å²) in [4.78, 5) is 17.1. The number of amides is 2. The minimum atomic E-state index is -0.353. The summed E-state index contributed by atoms with van der Waals surface area (Å²) in [7, 11) is 0. The van der Waals surface area contributed by atoms with Crippen LogP contribution >= 0.6 is 11.6 Å². The fraction of sp³-hybridized carbons (Fsp3) is 0.240. The molecule has 164 valence electrons. The van der Waals surface area contributed by atoms with E-state index in [1.165, 1.54) is 12.1 Å². The van der Waals surface area contributed by atoms with Crippen molar-refractivity contribution in [2.45, 2.75) is 24.5 Å². The van der Waals surface area contributed by atoms with Gasteiger partial charge in [0, 0.05) is 47.5 Å². The van der Waals surface area contributed by atoms with E-state index < -0.39 is 0 Å². The maximum Gasteiger partial charge on any atom is 0.326 e. The zero-order valence-corrected chi connectivity index (χ0v) is 18.0. The molecule has 5 nitrogen and oxygen atoms in total. The van der Waals surface area contributed by atoms with Gasteiger partial charge in [0.15, 0.2) is 0 Å². The van der Waals surface area contributed by atoms with E-state index in [0.717, 1.165) is 16.8 Å². The number of carbonyl (C=O) groups is 1. The third-order valence-corrected chi connectivity index (χ3v) is 6.84. The molecule has 7 heteroatoms. The van der Waals surface area contributed by atoms with Crippen molar-refractivity contribution in [1.29, 1.82) is 0 Å². The van der Waals surface area contributed by atoms with Gasteiger partial charge in [0.2, 0.25) is 0 Å². The Bertz CT molecular complexity index is 1140. The molecule has 0 bridgehead atoms. The Morgan fingerprint density at radius 1 is 1.06 bits per heavy atom. The summed E-state index contributed by atoms with van der Waals surface area (Å²) in [6.07, 6.45) is 0. The maximum atomic E-state index is 13.2. The Labute approximate surface area is 191 Å². The smallest absolute Gasteiger partial charge is 0.326 e. The highest BCUT2D eigenvalue weighted by Gasteiger charge is 2.53. The monoisotopic (exact) mass is 451 g/mol. The highest BCUT2D eigenvalue weighted by atomic mass is 35.5. The van der Waals surface area contributed by atoms with Crippen LogP contribution in [0.15, 0.2) is 72.8 Å². The number of rotatable bonds is 4. The fourth-order valence-electron chi connectivity index (χ4n) is 4.94. The molecule has 0 unspecified atom stereocenters. The number of nitrogens with zero attached hydrogens (tertiary/aromatic N) is 2. The third kappa shape index (κ3) is 3.64. The molecule has 2 heterocycles. The van der Waals surface area contributed by atoms with Crippen LogP contribution in [-0.2, 0) is 6.54 Å². The number of para-hydroxylation sites is 1. The van der Waals surface area contributed by atoms with Gasteiger partial charge in [-0.15, -0.1) is 0 Å². The molecule has 32 heavy (non-hydrogen) atoms. The zero-order chi connectivity index (χ0) is 22.2. The van der Waals surface area contributed by atoms with Crippen molar-refractivity contribution < 1.29 is 14.3 Å². The number of hydrogen-bond acceptors (Lipinski definition) is 3. The molecule has 0 radical (unpaired) electrons. The van der Waals surface area contributed by atoms with Crippen LogP contribution < -0.4 is 10.2 Å². The lowest BCUT2D eigenvalue weighted by Crippen LogP contribution is -2.69. The first-order valence-corrected chi connectivity index (χ1v) is 11.0. The van der Waals surface area contributed by atoms with Crippen molar-refractivity contribution in [2.75, 3.05) is 23.4 Å². The molecule has 2 amide bonds. The molecule has 1 saturated heterocycles. The molecular formula is C25H23ClFN3O2. The summed E-state index contributed by atoms with van der Waals surface area (Å²) in [5.74, 6) is -0.220. The summed E-state index contributed by atoms with van der Waals surface area (Å²) in [6, 6.07) is 21.0. The van der Waals surface area contributed by atoms with Crippen LogP contribution in [0.25, 0.3) is 0 Å². The molecule has 0 aromatic heterocycles. The van der Waals surface area contributed by atoms with Crippen LogP contribution in [0.2, 0.25) is 5.02 Å². The SMILES string of the molecule is O=C(Nc1ccc(F)cc1)N1C[C@@H]2[C@H](c3ccccc31)[C@H](CO)N2Cc1ccccc1Cl. The Morgan fingerprint density at radius 3 is 2.53 bits per heavy atom. The summed E-state index contributed by atoms with van der Waals surface area (Å²) >= 11 is 6.39. The molecule has 2 aliphatic heterocycles. The molecule has 3 aromatic rings. The zero-order valence-electron chi connectivity index (χ0n) is 17.3. The number of fused-ring (bicyclic) bond motifs is 3. The van der Waals surface area contributed by atoms with Crippen LogP contribution in [0.4, 0.5) is 20.6 Å². The number of carbonyl (C=O) groups excluding carboxylic acids is 1. The number of hydrogen-bond donors (Lipinski definition) is 2. The quantitative estimate of drug-likeness (QED) is 0.595. The lowest BCUT2D eigenvalue weighted by Gasteiger charge is -2.59. The number of nitrogens with one attached hydrogen (secondary N) is 1. The highest BCUT2D eigenvalue weighted by molar-refractivity contribution is 6.31. The molecule has 1 fully saturated rings. The lowest BCUT2D eigenvalue weighted by atomic mass is 9.72. The van der Waals surface area contributed by atoms with E-state index in [0.29, 0.717) is 23.8 Å². The number of aliphatic hydroxyl groups is 1. The second kappa shape index (κ2) is 8.54. The van der Waals surface area contributed by atoms with E-state index in [2.05, 4.69) is 10.2 Å². The van der Waals surface area contributed by atoms with Gasteiger partial charge in [-0.1, -0.05) is 48.0 Å². The van der Waals surface area contributed by atoms with Crippen molar-refractivity contribution in [3.8, 4) is 0 Å². The van der Waals surface area contributed by atoms with Gasteiger partial charge in [-0.05, 0) is 47.5 Å². The number of halogens is 2. The first kappa shape index (κ1) is 20.9. The van der Waals surface area contributed by atoms with Gasteiger partial charge < -0.3 is 10.4 Å². The number of aliphatic hydroxyl groups excluding tert-OH is 1. The van der Waals surface area contributed by atoms with Gasteiger partial charge in [0.05, 0.1) is 6.61 Å². The standard InChI is InChI=1S/C25H23ClFN3O2/c26-20-7-3-1-5-16(20)13-29-22-14-30(25(32)28-18-11-9-17(27)10-12-18)21-8-4-2-6-19(21)24(22)23(29)15-31/h1-12,22-24,31H,13-15H2,(H,28,32)/t22-,23+,24+/m1/s1. The molecule has 0 saturated carbocycles. The Balaban J connectivity index is 1.44. The van der Waals surface area contributed by atoms with E-state index >= 15 is 0 Å². The van der Waals surface area contributed by atoms with Crippen LogP contribution in [-0.4, -0.2) is 41.3 Å². The molecule has 2 N–H and O–H groups in total. The maximum absolute atomic E-state index is 13.2. The number of urea groups is 1. The Kier molecular flexibility index (Phi) is 5.59. The number of benzene rings is 3. The second-order valence-corrected chi connectivity index (χ2v) is 8.62. The predicted octanol–water partition coefficient (Wildman–Crippen LogP) is 4.86. The van der Waals surface area contributed by atoms with E-state index in [1.54, 1.807) is 17.0 Å². The average Bonchev–Trinajstić information content (AvgIpc) is 2.80. The fourth-order valence-corrected chi connectivity index (χ4v) is 5.14. The topological polar surface area (TPSA) is 55.8 Å². The number of likely N-dealkylation sites (tertiary alicyclic amines) is 1. The first-order chi connectivity index (χ1) is 15.6. The van der Waals surface area contributed by atoms with Crippen molar-refractivity contribution in [3.05, 3.63) is 94.8 Å². The van der Waals surface area contributed by atoms with Crippen molar-refractivity contribution in [1.82, 2.24) is 4.90 Å². The summed E-state index contributed by atoms with van der Waals surface area (Å²) in [5, 5.41) is 13.7. The van der Waals surface area contributed by atoms with Gasteiger partial charge in [-0.3, -0.25) is 9.80 Å². The third-order valence-electron chi connectivity index (χ3n) is 6.48. The average molecular weight is 452 g/mol. The van der Waals surface area contributed by atoms with E-state index in [-0.39, 0.29) is 36.5 Å². The van der Waals surface area contributed by atoms with Gasteiger partial charge in [0.25, 0.3) is 0 Å². The predicted molar refractivity (Wildman–Crippen MR) is 124 cm³/mol. The van der Waals surface area contributed by atoms with E-state index in [4.69, 9.17) is 11.6 Å². The minimum absolute atomic E-state index is 0.0295. The molecule has 0 aliphatic carbocycles. The van der Waals surface area contributed by atoms with Crippen molar-refractivity contribution >= 4 is 29.0 Å². The summed E-state index contributed by atoms with van der Waals surface area (Å²) in [5.41, 5.74) is 3.41. The molecule has 0 spiro atoms. The van der Waals surface area contributed by atoms with Crippen LogP contribution in [0, 0.1) is 5.82 Å². The van der Waals surface area contributed by atoms with Gasteiger partial charge >= 0.3 is 6.03 Å². The van der Waals surface area contributed by atoms with Gasteiger partial charge in [-0.2, -0.15) is 0 Å². The van der Waals surface area contributed by atoms with Crippen LogP contribution in [0.5, 0.6) is 0 Å². The second-order valence-electron chi connectivity index (χ2n) is 8.21. The van der Waals surface area contributed by atoms with Gasteiger partial charge in [-0.25, -0.2) is 9.18 Å². The van der Waals surface area contributed by atoms with Crippen molar-refractivity contribution in [2.24, 2.45) is 0 Å². The highest BCUT2D eigenvalue weighted by Crippen LogP contribution is 2.49.